The Bertz CT molecular complexity index is 1110. The van der Waals surface area contributed by atoms with Gasteiger partial charge in [-0.05, 0) is 65.0 Å². The first kappa shape index (κ1) is 25.5. The van der Waals surface area contributed by atoms with Gasteiger partial charge in [-0.3, -0.25) is 9.36 Å². The van der Waals surface area contributed by atoms with E-state index in [2.05, 4.69) is 5.32 Å². The quantitative estimate of drug-likeness (QED) is 0.523. The highest BCUT2D eigenvalue weighted by molar-refractivity contribution is 7.89. The van der Waals surface area contributed by atoms with Gasteiger partial charge >= 0.3 is 5.76 Å². The van der Waals surface area contributed by atoms with E-state index >= 15 is 0 Å². The van der Waals surface area contributed by atoms with E-state index in [0.29, 0.717) is 51.0 Å². The molecule has 0 atom stereocenters. The van der Waals surface area contributed by atoms with E-state index in [1.807, 2.05) is 27.7 Å². The Balaban J connectivity index is 1.54. The minimum atomic E-state index is -3.71. The zero-order valence-electron chi connectivity index (χ0n) is 19.9. The number of aromatic nitrogens is 1. The number of amides is 1. The molecule has 2 aromatic rings. The van der Waals surface area contributed by atoms with Crippen molar-refractivity contribution in [3.05, 3.63) is 28.7 Å². The predicted octanol–water partition coefficient (Wildman–Crippen LogP) is 2.90. The molecule has 33 heavy (non-hydrogen) atoms. The van der Waals surface area contributed by atoms with Gasteiger partial charge in [-0.2, -0.15) is 4.31 Å². The van der Waals surface area contributed by atoms with Crippen LogP contribution in [-0.2, 0) is 19.6 Å². The summed E-state index contributed by atoms with van der Waals surface area (Å²) in [6, 6.07) is 4.48. The maximum absolute atomic E-state index is 13.1. The Morgan fingerprint density at radius 1 is 1.21 bits per heavy atom. The maximum atomic E-state index is 13.1. The fourth-order valence-electron chi connectivity index (χ4n) is 4.12. The van der Waals surface area contributed by atoms with E-state index in [-0.39, 0.29) is 34.4 Å². The van der Waals surface area contributed by atoms with Gasteiger partial charge in [0.2, 0.25) is 15.9 Å². The van der Waals surface area contributed by atoms with Gasteiger partial charge in [0.05, 0.1) is 16.5 Å². The van der Waals surface area contributed by atoms with Crippen molar-refractivity contribution < 1.29 is 22.4 Å². The van der Waals surface area contributed by atoms with E-state index < -0.39 is 15.8 Å². The van der Waals surface area contributed by atoms with Gasteiger partial charge in [0.1, 0.15) is 0 Å². The average Bonchev–Trinajstić information content (AvgIpc) is 3.08. The van der Waals surface area contributed by atoms with Crippen LogP contribution in [0.25, 0.3) is 11.1 Å². The minimum Gasteiger partial charge on any atom is -0.408 e. The molecule has 1 saturated heterocycles. The Morgan fingerprint density at radius 2 is 1.91 bits per heavy atom. The monoisotopic (exact) mass is 481 g/mol. The van der Waals surface area contributed by atoms with Crippen molar-refractivity contribution >= 4 is 27.0 Å². The lowest BCUT2D eigenvalue weighted by molar-refractivity contribution is -0.122. The first-order valence-electron chi connectivity index (χ1n) is 11.6. The molecule has 0 unspecified atom stereocenters. The van der Waals surface area contributed by atoms with Crippen LogP contribution in [0.3, 0.4) is 0 Å². The van der Waals surface area contributed by atoms with E-state index in [0.717, 1.165) is 6.42 Å². The van der Waals surface area contributed by atoms with Crippen molar-refractivity contribution in [2.75, 3.05) is 26.2 Å². The topological polar surface area (TPSA) is 111 Å². The lowest BCUT2D eigenvalue weighted by Crippen LogP contribution is -2.39. The Kier molecular flexibility index (Phi) is 8.36. The second kappa shape index (κ2) is 10.8. The van der Waals surface area contributed by atoms with Gasteiger partial charge in [0, 0.05) is 44.8 Å². The second-order valence-corrected chi connectivity index (χ2v) is 11.1. The number of ether oxygens (including phenoxy) is 1. The lowest BCUT2D eigenvalue weighted by atomic mass is 9.94. The zero-order chi connectivity index (χ0) is 24.2. The summed E-state index contributed by atoms with van der Waals surface area (Å²) in [6.45, 7) is 9.60. The predicted molar refractivity (Wildman–Crippen MR) is 126 cm³/mol. The molecule has 1 fully saturated rings. The lowest BCUT2D eigenvalue weighted by Gasteiger charge is -2.31. The molecule has 1 N–H and O–H groups in total. The number of piperidine rings is 1. The van der Waals surface area contributed by atoms with Crippen LogP contribution in [0.2, 0.25) is 0 Å². The third-order valence-corrected chi connectivity index (χ3v) is 7.78. The van der Waals surface area contributed by atoms with Crippen molar-refractivity contribution in [2.45, 2.75) is 70.4 Å². The highest BCUT2D eigenvalue weighted by Crippen LogP contribution is 2.28. The molecular formula is C23H35N3O6S. The van der Waals surface area contributed by atoms with Crippen LogP contribution in [0.4, 0.5) is 0 Å². The summed E-state index contributed by atoms with van der Waals surface area (Å²) in [5.74, 6) is -0.346. The van der Waals surface area contributed by atoms with E-state index in [4.69, 9.17) is 9.15 Å². The van der Waals surface area contributed by atoms with Crippen LogP contribution in [0.5, 0.6) is 0 Å². The summed E-state index contributed by atoms with van der Waals surface area (Å²) in [6.07, 6.45) is 2.61. The number of carbonyl (C=O) groups is 1. The Morgan fingerprint density at radius 3 is 2.55 bits per heavy atom. The number of fused-ring (bicyclic) bond motifs is 1. The number of benzene rings is 1. The molecule has 0 bridgehead atoms. The first-order valence-corrected chi connectivity index (χ1v) is 13.1. The molecule has 0 radical (unpaired) electrons. The molecule has 0 aliphatic carbocycles. The summed E-state index contributed by atoms with van der Waals surface area (Å²) in [5.41, 5.74) is 0.842. The van der Waals surface area contributed by atoms with Crippen LogP contribution < -0.4 is 11.1 Å². The largest absolute Gasteiger partial charge is 0.420 e. The van der Waals surface area contributed by atoms with E-state index in [9.17, 15) is 18.0 Å². The first-order chi connectivity index (χ1) is 15.6. The van der Waals surface area contributed by atoms with Crippen molar-refractivity contribution in [3.63, 3.8) is 0 Å². The van der Waals surface area contributed by atoms with Gasteiger partial charge in [0.15, 0.2) is 5.58 Å². The molecule has 0 spiro atoms. The van der Waals surface area contributed by atoms with Crippen molar-refractivity contribution in [2.24, 2.45) is 5.92 Å². The third kappa shape index (κ3) is 6.24. The molecule has 1 aromatic heterocycles. The number of sulfonamides is 1. The second-order valence-electron chi connectivity index (χ2n) is 9.14. The Hall–Kier alpha value is -2.17. The molecular weight excluding hydrogens is 446 g/mol. The molecule has 10 heteroatoms. The molecule has 0 saturated carbocycles. The zero-order valence-corrected chi connectivity index (χ0v) is 20.7. The van der Waals surface area contributed by atoms with Crippen LogP contribution in [0, 0.1) is 5.92 Å². The van der Waals surface area contributed by atoms with Crippen molar-refractivity contribution in [1.29, 1.82) is 0 Å². The number of rotatable bonds is 10. The fourth-order valence-corrected chi connectivity index (χ4v) is 5.61. The van der Waals surface area contributed by atoms with Gasteiger partial charge in [-0.15, -0.1) is 0 Å². The summed E-state index contributed by atoms with van der Waals surface area (Å²) in [5, 5.41) is 2.91. The molecule has 184 valence electrons. The smallest absolute Gasteiger partial charge is 0.408 e. The standard InChI is InChI=1S/C23H35N3O6S/c1-16(2)26-20-7-6-19(15-21(20)32-23(26)28)33(29,30)25-11-8-18(9-12-25)14-22(27)24-10-5-13-31-17(3)4/h6-7,15-18H,5,8-14H2,1-4H3,(H,24,27). The highest BCUT2D eigenvalue weighted by Gasteiger charge is 2.31. The SMILES string of the molecule is CC(C)OCCCNC(=O)CC1CCN(S(=O)(=O)c2ccc3c(c2)oc(=O)n3C(C)C)CC1. The Labute approximate surface area is 195 Å². The van der Waals surface area contributed by atoms with Gasteiger partial charge < -0.3 is 14.5 Å². The normalized spacial score (nSPS) is 16.2. The number of carbonyl (C=O) groups excluding carboxylic acids is 1. The van der Waals surface area contributed by atoms with Crippen LogP contribution in [0.15, 0.2) is 32.3 Å². The average molecular weight is 482 g/mol. The van der Waals surface area contributed by atoms with Gasteiger partial charge in [-0.1, -0.05) is 0 Å². The van der Waals surface area contributed by atoms with Crippen molar-refractivity contribution in [3.8, 4) is 0 Å². The summed E-state index contributed by atoms with van der Waals surface area (Å²) >= 11 is 0. The molecule has 1 aliphatic heterocycles. The molecule has 2 heterocycles. The van der Waals surface area contributed by atoms with E-state index in [1.54, 1.807) is 6.07 Å². The molecule has 1 aliphatic rings. The molecule has 1 amide bonds. The maximum Gasteiger partial charge on any atom is 0.420 e. The fraction of sp³-hybridized carbons (Fsp3) is 0.652. The number of hydrogen-bond donors (Lipinski definition) is 1. The summed E-state index contributed by atoms with van der Waals surface area (Å²) in [7, 11) is -3.71. The van der Waals surface area contributed by atoms with Crippen LogP contribution in [0.1, 0.15) is 59.4 Å². The van der Waals surface area contributed by atoms with E-state index in [1.165, 1.54) is 21.0 Å². The van der Waals surface area contributed by atoms with Gasteiger partial charge in [0.25, 0.3) is 0 Å². The van der Waals surface area contributed by atoms with Gasteiger partial charge in [-0.25, -0.2) is 13.2 Å². The van der Waals surface area contributed by atoms with Crippen LogP contribution >= 0.6 is 0 Å². The van der Waals surface area contributed by atoms with Crippen molar-refractivity contribution in [1.82, 2.24) is 14.2 Å². The molecule has 9 nitrogen and oxygen atoms in total. The number of oxazole rings is 1. The molecule has 1 aromatic carbocycles. The van der Waals surface area contributed by atoms with Crippen LogP contribution in [-0.4, -0.2) is 55.5 Å². The molecule has 3 rings (SSSR count). The highest BCUT2D eigenvalue weighted by atomic mass is 32.2. The summed E-state index contributed by atoms with van der Waals surface area (Å²) in [4.78, 5) is 24.4. The minimum absolute atomic E-state index is 0.00370. The number of nitrogens with zero attached hydrogens (tertiary/aromatic N) is 2. The number of nitrogens with one attached hydrogen (secondary N) is 1. The number of hydrogen-bond acceptors (Lipinski definition) is 6. The summed E-state index contributed by atoms with van der Waals surface area (Å²) < 4.78 is 40.0. The third-order valence-electron chi connectivity index (χ3n) is 5.88.